The molecule has 1 saturated carbocycles. The molecule has 4 rings (SSSR count). The lowest BCUT2D eigenvalue weighted by molar-refractivity contribution is 0.0960. The molecule has 0 radical (unpaired) electrons. The SMILES string of the molecule is Cc1nn(C)c2nc(C3CC3)cc(C(=O)NCC#Cc3ccccc3)c12. The molecule has 5 heteroatoms. The number of fused-ring (bicyclic) bond motifs is 1. The Morgan fingerprint density at radius 1 is 1.31 bits per heavy atom. The van der Waals surface area contributed by atoms with Gasteiger partial charge in [-0.2, -0.15) is 5.10 Å². The van der Waals surface area contributed by atoms with E-state index in [9.17, 15) is 4.79 Å². The fourth-order valence-electron chi connectivity index (χ4n) is 3.12. The minimum absolute atomic E-state index is 0.127. The van der Waals surface area contributed by atoms with E-state index < -0.39 is 0 Å². The van der Waals surface area contributed by atoms with Crippen molar-refractivity contribution < 1.29 is 4.79 Å². The van der Waals surface area contributed by atoms with Crippen molar-refractivity contribution in [1.29, 1.82) is 0 Å². The average molecular weight is 344 g/mol. The van der Waals surface area contributed by atoms with Crippen LogP contribution in [0.4, 0.5) is 0 Å². The van der Waals surface area contributed by atoms with E-state index >= 15 is 0 Å². The molecule has 0 spiro atoms. The van der Waals surface area contributed by atoms with Gasteiger partial charge in [-0.1, -0.05) is 30.0 Å². The summed E-state index contributed by atoms with van der Waals surface area (Å²) in [5, 5.41) is 8.17. The molecule has 26 heavy (non-hydrogen) atoms. The number of aryl methyl sites for hydroxylation is 2. The topological polar surface area (TPSA) is 59.8 Å². The normalized spacial score (nSPS) is 13.3. The van der Waals surface area contributed by atoms with Crippen molar-refractivity contribution in [1.82, 2.24) is 20.1 Å². The van der Waals surface area contributed by atoms with Crippen LogP contribution >= 0.6 is 0 Å². The molecule has 0 aliphatic heterocycles. The molecule has 0 bridgehead atoms. The second kappa shape index (κ2) is 6.64. The van der Waals surface area contributed by atoms with E-state index in [0.29, 0.717) is 18.0 Å². The molecule has 1 aliphatic carbocycles. The van der Waals surface area contributed by atoms with Gasteiger partial charge in [0, 0.05) is 24.2 Å². The monoisotopic (exact) mass is 344 g/mol. The van der Waals surface area contributed by atoms with Gasteiger partial charge in [0.2, 0.25) is 0 Å². The molecule has 130 valence electrons. The minimum atomic E-state index is -0.127. The number of benzene rings is 1. The summed E-state index contributed by atoms with van der Waals surface area (Å²) < 4.78 is 1.75. The molecule has 5 nitrogen and oxygen atoms in total. The summed E-state index contributed by atoms with van der Waals surface area (Å²) >= 11 is 0. The van der Waals surface area contributed by atoms with Gasteiger partial charge in [0.15, 0.2) is 5.65 Å². The van der Waals surface area contributed by atoms with Crippen LogP contribution in [0.2, 0.25) is 0 Å². The Bertz CT molecular complexity index is 1040. The summed E-state index contributed by atoms with van der Waals surface area (Å²) in [5.74, 6) is 6.40. The van der Waals surface area contributed by atoms with Crippen LogP contribution in [-0.2, 0) is 7.05 Å². The number of nitrogens with zero attached hydrogens (tertiary/aromatic N) is 3. The molecule has 0 saturated heterocycles. The standard InChI is InChI=1S/C21H20N4O/c1-14-19-17(13-18(16-10-11-16)23-20(19)25(2)24-14)21(26)22-12-6-9-15-7-4-3-5-8-15/h3-5,7-8,13,16H,10-12H2,1-2H3,(H,22,26). The molecule has 2 aromatic heterocycles. The summed E-state index contributed by atoms with van der Waals surface area (Å²) in [4.78, 5) is 17.5. The molecular formula is C21H20N4O. The highest BCUT2D eigenvalue weighted by Gasteiger charge is 2.28. The molecule has 1 aromatic carbocycles. The zero-order chi connectivity index (χ0) is 18.1. The Hall–Kier alpha value is -3.13. The molecule has 1 amide bonds. The number of aromatic nitrogens is 3. The Balaban J connectivity index is 1.59. The van der Waals surface area contributed by atoms with E-state index in [1.54, 1.807) is 4.68 Å². The third kappa shape index (κ3) is 3.18. The van der Waals surface area contributed by atoms with Crippen molar-refractivity contribution in [3.8, 4) is 11.8 Å². The van der Waals surface area contributed by atoms with Crippen molar-refractivity contribution in [3.63, 3.8) is 0 Å². The van der Waals surface area contributed by atoms with Crippen LogP contribution < -0.4 is 5.32 Å². The van der Waals surface area contributed by atoms with Gasteiger partial charge >= 0.3 is 0 Å². The molecule has 2 heterocycles. The van der Waals surface area contributed by atoms with Crippen LogP contribution in [0, 0.1) is 18.8 Å². The van der Waals surface area contributed by atoms with E-state index in [-0.39, 0.29) is 5.91 Å². The third-order valence-corrected chi connectivity index (χ3v) is 4.57. The van der Waals surface area contributed by atoms with E-state index in [1.165, 1.54) is 0 Å². The summed E-state index contributed by atoms with van der Waals surface area (Å²) in [6, 6.07) is 11.7. The number of rotatable bonds is 3. The molecule has 1 fully saturated rings. The Labute approximate surface area is 152 Å². The van der Waals surface area contributed by atoms with Gasteiger partial charge in [-0.3, -0.25) is 9.48 Å². The zero-order valence-electron chi connectivity index (χ0n) is 14.9. The molecule has 0 atom stereocenters. The van der Waals surface area contributed by atoms with E-state index in [4.69, 9.17) is 4.98 Å². The summed E-state index contributed by atoms with van der Waals surface area (Å²) in [5.41, 5.74) is 4.16. The number of hydrogen-bond acceptors (Lipinski definition) is 3. The van der Waals surface area contributed by atoms with Gasteiger partial charge in [0.25, 0.3) is 5.91 Å². The van der Waals surface area contributed by atoms with Crippen LogP contribution in [-0.4, -0.2) is 27.2 Å². The molecule has 1 N–H and O–H groups in total. The average Bonchev–Trinajstić information content (AvgIpc) is 3.46. The first-order chi connectivity index (χ1) is 12.6. The van der Waals surface area contributed by atoms with Crippen molar-refractivity contribution >= 4 is 16.9 Å². The third-order valence-electron chi connectivity index (χ3n) is 4.57. The number of nitrogens with one attached hydrogen (secondary N) is 1. The van der Waals surface area contributed by atoms with Gasteiger partial charge < -0.3 is 5.32 Å². The summed E-state index contributed by atoms with van der Waals surface area (Å²) in [6.45, 7) is 2.21. The zero-order valence-corrected chi connectivity index (χ0v) is 14.9. The maximum atomic E-state index is 12.8. The van der Waals surface area contributed by atoms with Crippen LogP contribution in [0.3, 0.4) is 0 Å². The van der Waals surface area contributed by atoms with Crippen molar-refractivity contribution in [2.24, 2.45) is 7.05 Å². The van der Waals surface area contributed by atoms with Crippen LogP contribution in [0.1, 0.15) is 46.1 Å². The summed E-state index contributed by atoms with van der Waals surface area (Å²) in [7, 11) is 1.87. The largest absolute Gasteiger partial charge is 0.341 e. The van der Waals surface area contributed by atoms with Crippen LogP contribution in [0.15, 0.2) is 36.4 Å². The maximum absolute atomic E-state index is 12.8. The quantitative estimate of drug-likeness (QED) is 0.743. The van der Waals surface area contributed by atoms with Gasteiger partial charge in [-0.05, 0) is 38.0 Å². The predicted molar refractivity (Wildman–Crippen MR) is 101 cm³/mol. The molecule has 1 aliphatic rings. The highest BCUT2D eigenvalue weighted by molar-refractivity contribution is 6.06. The number of hydrogen-bond donors (Lipinski definition) is 1. The fraction of sp³-hybridized carbons (Fsp3) is 0.286. The maximum Gasteiger partial charge on any atom is 0.252 e. The van der Waals surface area contributed by atoms with Gasteiger partial charge in [-0.15, -0.1) is 0 Å². The minimum Gasteiger partial charge on any atom is -0.341 e. The fourth-order valence-corrected chi connectivity index (χ4v) is 3.12. The van der Waals surface area contributed by atoms with Gasteiger partial charge in [0.05, 0.1) is 23.2 Å². The Morgan fingerprint density at radius 3 is 2.81 bits per heavy atom. The number of carbonyl (C=O) groups is 1. The predicted octanol–water partition coefficient (Wildman–Crippen LogP) is 2.94. The second-order valence-corrected chi connectivity index (χ2v) is 6.63. The first-order valence-electron chi connectivity index (χ1n) is 8.80. The number of pyridine rings is 1. The molecular weight excluding hydrogens is 324 g/mol. The van der Waals surface area contributed by atoms with Crippen molar-refractivity contribution in [2.45, 2.75) is 25.7 Å². The second-order valence-electron chi connectivity index (χ2n) is 6.63. The highest BCUT2D eigenvalue weighted by atomic mass is 16.1. The van der Waals surface area contributed by atoms with E-state index in [0.717, 1.165) is 40.8 Å². The first kappa shape index (κ1) is 16.3. The molecule has 0 unspecified atom stereocenters. The lowest BCUT2D eigenvalue weighted by Crippen LogP contribution is -2.24. The smallest absolute Gasteiger partial charge is 0.252 e. The van der Waals surface area contributed by atoms with Crippen LogP contribution in [0.5, 0.6) is 0 Å². The lowest BCUT2D eigenvalue weighted by atomic mass is 10.1. The van der Waals surface area contributed by atoms with E-state index in [2.05, 4.69) is 22.3 Å². The van der Waals surface area contributed by atoms with Crippen molar-refractivity contribution in [2.75, 3.05) is 6.54 Å². The van der Waals surface area contributed by atoms with Crippen LogP contribution in [0.25, 0.3) is 11.0 Å². The Morgan fingerprint density at radius 2 is 2.08 bits per heavy atom. The Kier molecular flexibility index (Phi) is 4.18. The van der Waals surface area contributed by atoms with Gasteiger partial charge in [-0.25, -0.2) is 4.98 Å². The first-order valence-corrected chi connectivity index (χ1v) is 8.80. The lowest BCUT2D eigenvalue weighted by Gasteiger charge is -2.07. The highest BCUT2D eigenvalue weighted by Crippen LogP contribution is 2.40. The van der Waals surface area contributed by atoms with E-state index in [1.807, 2.05) is 50.4 Å². The summed E-state index contributed by atoms with van der Waals surface area (Å²) in [6.07, 6.45) is 2.28. The molecule has 3 aromatic rings. The number of amides is 1. The van der Waals surface area contributed by atoms with Crippen molar-refractivity contribution in [3.05, 3.63) is 58.9 Å². The van der Waals surface area contributed by atoms with Gasteiger partial charge in [0.1, 0.15) is 0 Å². The number of carbonyl (C=O) groups excluding carboxylic acids is 1.